The van der Waals surface area contributed by atoms with E-state index in [-0.39, 0.29) is 17.3 Å². The van der Waals surface area contributed by atoms with Crippen molar-refractivity contribution in [2.45, 2.75) is 26.9 Å². The first-order valence-corrected chi connectivity index (χ1v) is 6.91. The molecule has 0 saturated heterocycles. The summed E-state index contributed by atoms with van der Waals surface area (Å²) in [5.74, 6) is -0.149. The van der Waals surface area contributed by atoms with Gasteiger partial charge in [-0.25, -0.2) is 0 Å². The summed E-state index contributed by atoms with van der Waals surface area (Å²) in [5.41, 5.74) is 3.06. The van der Waals surface area contributed by atoms with E-state index in [2.05, 4.69) is 5.32 Å². The third-order valence-electron chi connectivity index (χ3n) is 2.89. The molecule has 5 heteroatoms. The minimum absolute atomic E-state index is 0.0834. The monoisotopic (exact) mass is 276 g/mol. The first-order valence-electron chi connectivity index (χ1n) is 6.03. The summed E-state index contributed by atoms with van der Waals surface area (Å²) in [6.45, 7) is 4.41. The van der Waals surface area contributed by atoms with Crippen molar-refractivity contribution in [1.82, 2.24) is 9.88 Å². The van der Waals surface area contributed by atoms with Crippen molar-refractivity contribution in [3.8, 4) is 0 Å². The molecule has 0 fully saturated rings. The fourth-order valence-electron chi connectivity index (χ4n) is 1.70. The lowest BCUT2D eigenvalue weighted by atomic mass is 10.1. The van der Waals surface area contributed by atoms with E-state index in [0.29, 0.717) is 6.54 Å². The molecule has 19 heavy (non-hydrogen) atoms. The Morgan fingerprint density at radius 1 is 1.26 bits per heavy atom. The highest BCUT2D eigenvalue weighted by Crippen LogP contribution is 2.03. The summed E-state index contributed by atoms with van der Waals surface area (Å²) in [5, 5.41) is 4.58. The zero-order valence-electron chi connectivity index (χ0n) is 11.0. The highest BCUT2D eigenvalue weighted by atomic mass is 32.1. The van der Waals surface area contributed by atoms with Gasteiger partial charge in [0.05, 0.1) is 0 Å². The fourth-order valence-corrected chi connectivity index (χ4v) is 2.44. The summed E-state index contributed by atoms with van der Waals surface area (Å²) in [7, 11) is 0. The van der Waals surface area contributed by atoms with E-state index in [0.717, 1.165) is 22.6 Å². The Morgan fingerprint density at radius 3 is 2.53 bits per heavy atom. The van der Waals surface area contributed by atoms with E-state index in [4.69, 9.17) is 0 Å². The number of benzene rings is 1. The highest BCUT2D eigenvalue weighted by Gasteiger charge is 2.07. The van der Waals surface area contributed by atoms with Crippen LogP contribution in [0.4, 0.5) is 0 Å². The van der Waals surface area contributed by atoms with Gasteiger partial charge in [0.15, 0.2) is 0 Å². The molecule has 0 unspecified atom stereocenters. The number of hydrogen-bond acceptors (Lipinski definition) is 3. The lowest BCUT2D eigenvalue weighted by Crippen LogP contribution is -2.30. The predicted molar refractivity (Wildman–Crippen MR) is 76.3 cm³/mol. The third kappa shape index (κ3) is 3.54. The number of nitrogens with one attached hydrogen (secondary N) is 1. The predicted octanol–water partition coefficient (Wildman–Crippen LogP) is 1.84. The zero-order valence-corrected chi connectivity index (χ0v) is 11.8. The van der Waals surface area contributed by atoms with Crippen LogP contribution in [0.1, 0.15) is 16.8 Å². The van der Waals surface area contributed by atoms with Crippen LogP contribution in [0.15, 0.2) is 34.4 Å². The lowest BCUT2D eigenvalue weighted by molar-refractivity contribution is -0.121. The van der Waals surface area contributed by atoms with E-state index in [9.17, 15) is 9.59 Å². The quantitative estimate of drug-likeness (QED) is 0.926. The molecule has 4 nitrogen and oxygen atoms in total. The molecule has 2 aromatic rings. The van der Waals surface area contributed by atoms with Crippen molar-refractivity contribution in [2.24, 2.45) is 0 Å². The largest absolute Gasteiger partial charge is 0.350 e. The minimum Gasteiger partial charge on any atom is -0.350 e. The number of aromatic nitrogens is 1. The SMILES string of the molecule is Cc1ccc(CNC(=O)Cn2c(C)csc2=O)cc1. The van der Waals surface area contributed by atoms with Gasteiger partial charge in [-0.1, -0.05) is 41.2 Å². The Bertz CT molecular complexity index is 626. The van der Waals surface area contributed by atoms with Gasteiger partial charge < -0.3 is 5.32 Å². The molecule has 1 heterocycles. The first-order chi connectivity index (χ1) is 9.06. The number of carbonyl (C=O) groups is 1. The summed E-state index contributed by atoms with van der Waals surface area (Å²) in [6.07, 6.45) is 0. The van der Waals surface area contributed by atoms with Gasteiger partial charge in [-0.2, -0.15) is 0 Å². The van der Waals surface area contributed by atoms with Crippen LogP contribution in [0.5, 0.6) is 0 Å². The molecule has 0 aliphatic heterocycles. The molecule has 0 aliphatic rings. The van der Waals surface area contributed by atoms with Gasteiger partial charge >= 0.3 is 4.87 Å². The van der Waals surface area contributed by atoms with Crippen LogP contribution in [0, 0.1) is 13.8 Å². The molecule has 1 aromatic carbocycles. The Morgan fingerprint density at radius 2 is 1.95 bits per heavy atom. The van der Waals surface area contributed by atoms with E-state index in [1.165, 1.54) is 10.1 Å². The Kier molecular flexibility index (Phi) is 4.16. The Labute approximate surface area is 115 Å². The average Bonchev–Trinajstić information content (AvgIpc) is 2.70. The standard InChI is InChI=1S/C14H16N2O2S/c1-10-3-5-12(6-4-10)7-15-13(17)8-16-11(2)9-19-14(16)18/h3-6,9H,7-8H2,1-2H3,(H,15,17). The molecule has 1 amide bonds. The van der Waals surface area contributed by atoms with Crippen molar-refractivity contribution in [3.05, 3.63) is 56.1 Å². The zero-order chi connectivity index (χ0) is 13.8. The van der Waals surface area contributed by atoms with Crippen LogP contribution in [0.2, 0.25) is 0 Å². The molecule has 1 aromatic heterocycles. The van der Waals surface area contributed by atoms with Crippen LogP contribution in [-0.2, 0) is 17.9 Å². The average molecular weight is 276 g/mol. The Balaban J connectivity index is 1.92. The van der Waals surface area contributed by atoms with E-state index in [1.54, 1.807) is 5.38 Å². The van der Waals surface area contributed by atoms with E-state index >= 15 is 0 Å². The number of nitrogens with zero attached hydrogens (tertiary/aromatic N) is 1. The van der Waals surface area contributed by atoms with Crippen molar-refractivity contribution in [3.63, 3.8) is 0 Å². The number of aryl methyl sites for hydroxylation is 2. The molecule has 0 atom stereocenters. The normalized spacial score (nSPS) is 10.4. The van der Waals surface area contributed by atoms with Crippen LogP contribution < -0.4 is 10.2 Å². The number of amides is 1. The Hall–Kier alpha value is -1.88. The van der Waals surface area contributed by atoms with Crippen molar-refractivity contribution >= 4 is 17.2 Å². The van der Waals surface area contributed by atoms with Gasteiger partial charge in [0, 0.05) is 17.6 Å². The van der Waals surface area contributed by atoms with Gasteiger partial charge in [0.2, 0.25) is 5.91 Å². The van der Waals surface area contributed by atoms with Crippen LogP contribution >= 0.6 is 11.3 Å². The summed E-state index contributed by atoms with van der Waals surface area (Å²) in [6, 6.07) is 7.99. The third-order valence-corrected chi connectivity index (χ3v) is 3.77. The maximum atomic E-state index is 11.8. The molecular weight excluding hydrogens is 260 g/mol. The number of rotatable bonds is 4. The molecule has 100 valence electrons. The molecule has 0 aliphatic carbocycles. The topological polar surface area (TPSA) is 51.1 Å². The summed E-state index contributed by atoms with van der Waals surface area (Å²) < 4.78 is 1.48. The van der Waals surface area contributed by atoms with E-state index in [1.807, 2.05) is 38.1 Å². The van der Waals surface area contributed by atoms with Gasteiger partial charge in [0.1, 0.15) is 6.54 Å². The molecular formula is C14H16N2O2S. The van der Waals surface area contributed by atoms with Crippen LogP contribution in [0.3, 0.4) is 0 Å². The summed E-state index contributed by atoms with van der Waals surface area (Å²) >= 11 is 1.12. The van der Waals surface area contributed by atoms with Gasteiger partial charge in [-0.05, 0) is 19.4 Å². The van der Waals surface area contributed by atoms with Crippen molar-refractivity contribution < 1.29 is 4.79 Å². The number of thiazole rings is 1. The van der Waals surface area contributed by atoms with Gasteiger partial charge in [-0.15, -0.1) is 0 Å². The number of hydrogen-bond donors (Lipinski definition) is 1. The lowest BCUT2D eigenvalue weighted by Gasteiger charge is -2.07. The van der Waals surface area contributed by atoms with Gasteiger partial charge in [-0.3, -0.25) is 14.2 Å². The maximum Gasteiger partial charge on any atom is 0.307 e. The molecule has 0 radical (unpaired) electrons. The molecule has 1 N–H and O–H groups in total. The second kappa shape index (κ2) is 5.84. The smallest absolute Gasteiger partial charge is 0.307 e. The first kappa shape index (κ1) is 13.5. The minimum atomic E-state index is -0.149. The van der Waals surface area contributed by atoms with Crippen LogP contribution in [-0.4, -0.2) is 10.5 Å². The number of carbonyl (C=O) groups excluding carboxylic acids is 1. The fraction of sp³-hybridized carbons (Fsp3) is 0.286. The molecule has 0 bridgehead atoms. The second-order valence-corrected chi connectivity index (χ2v) is 5.31. The van der Waals surface area contributed by atoms with Crippen molar-refractivity contribution in [1.29, 1.82) is 0 Å². The van der Waals surface area contributed by atoms with Crippen molar-refractivity contribution in [2.75, 3.05) is 0 Å². The van der Waals surface area contributed by atoms with Gasteiger partial charge in [0.25, 0.3) is 0 Å². The molecule has 2 rings (SSSR count). The second-order valence-electron chi connectivity index (χ2n) is 4.49. The molecule has 0 spiro atoms. The van der Waals surface area contributed by atoms with E-state index < -0.39 is 0 Å². The maximum absolute atomic E-state index is 11.8. The molecule has 0 saturated carbocycles. The highest BCUT2D eigenvalue weighted by molar-refractivity contribution is 7.07. The summed E-state index contributed by atoms with van der Waals surface area (Å²) in [4.78, 5) is 23.2. The van der Waals surface area contributed by atoms with Crippen LogP contribution in [0.25, 0.3) is 0 Å².